The van der Waals surface area contributed by atoms with Gasteiger partial charge in [-0.1, -0.05) is 13.3 Å². The largest absolute Gasteiger partial charge is 0.481 e. The van der Waals surface area contributed by atoms with E-state index in [4.69, 9.17) is 5.11 Å². The summed E-state index contributed by atoms with van der Waals surface area (Å²) in [5.74, 6) is -0.897. The van der Waals surface area contributed by atoms with Gasteiger partial charge in [-0.15, -0.1) is 0 Å². The van der Waals surface area contributed by atoms with Crippen LogP contribution in [0.15, 0.2) is 0 Å². The summed E-state index contributed by atoms with van der Waals surface area (Å²) in [6, 6.07) is 0.207. The molecule has 0 radical (unpaired) electrons. The van der Waals surface area contributed by atoms with Crippen LogP contribution in [0.25, 0.3) is 0 Å². The maximum absolute atomic E-state index is 11.7. The van der Waals surface area contributed by atoms with Crippen LogP contribution in [0.2, 0.25) is 0 Å². The fourth-order valence-corrected chi connectivity index (χ4v) is 2.28. The van der Waals surface area contributed by atoms with Crippen molar-refractivity contribution in [3.05, 3.63) is 0 Å². The van der Waals surface area contributed by atoms with Crippen molar-refractivity contribution in [2.75, 3.05) is 6.54 Å². The molecule has 1 fully saturated rings. The number of carbonyl (C=O) groups excluding carboxylic acids is 1. The zero-order valence-corrected chi connectivity index (χ0v) is 11.1. The third-order valence-electron chi connectivity index (χ3n) is 3.41. The Hall–Kier alpha value is -1.10. The molecule has 1 saturated heterocycles. The molecular formula is C13H24N2O3. The third-order valence-corrected chi connectivity index (χ3v) is 3.41. The number of hydrogen-bond acceptors (Lipinski definition) is 3. The second-order valence-corrected chi connectivity index (χ2v) is 4.96. The molecule has 0 saturated carbocycles. The van der Waals surface area contributed by atoms with Gasteiger partial charge in [0.15, 0.2) is 0 Å². The van der Waals surface area contributed by atoms with Crippen molar-refractivity contribution in [3.8, 4) is 0 Å². The molecule has 1 aliphatic rings. The van der Waals surface area contributed by atoms with Crippen LogP contribution in [0.4, 0.5) is 0 Å². The van der Waals surface area contributed by atoms with Crippen LogP contribution in [-0.2, 0) is 9.59 Å². The van der Waals surface area contributed by atoms with Crippen molar-refractivity contribution < 1.29 is 14.7 Å². The normalized spacial score (nSPS) is 21.3. The fraction of sp³-hybridized carbons (Fsp3) is 0.846. The van der Waals surface area contributed by atoms with Gasteiger partial charge in [0.2, 0.25) is 5.91 Å². The molecule has 0 aliphatic carbocycles. The number of nitrogens with one attached hydrogen (secondary N) is 2. The SMILES string of the molecule is CCC(CC(=O)O)NC(=O)CCC1CCCCN1. The Morgan fingerprint density at radius 1 is 1.44 bits per heavy atom. The first-order valence-electron chi connectivity index (χ1n) is 6.86. The number of carboxylic acid groups (broad SMARTS) is 1. The molecule has 5 nitrogen and oxygen atoms in total. The van der Waals surface area contributed by atoms with E-state index in [0.29, 0.717) is 18.9 Å². The van der Waals surface area contributed by atoms with Gasteiger partial charge >= 0.3 is 5.97 Å². The number of hydrogen-bond donors (Lipinski definition) is 3. The number of carboxylic acids is 1. The van der Waals surface area contributed by atoms with Gasteiger partial charge in [-0.25, -0.2) is 0 Å². The van der Waals surface area contributed by atoms with E-state index in [1.165, 1.54) is 12.8 Å². The molecule has 0 aromatic heterocycles. The van der Waals surface area contributed by atoms with Crippen LogP contribution >= 0.6 is 0 Å². The molecule has 0 aromatic rings. The molecule has 1 aliphatic heterocycles. The summed E-state index contributed by atoms with van der Waals surface area (Å²) in [7, 11) is 0. The van der Waals surface area contributed by atoms with Crippen molar-refractivity contribution in [3.63, 3.8) is 0 Å². The highest BCUT2D eigenvalue weighted by Gasteiger charge is 2.17. The lowest BCUT2D eigenvalue weighted by molar-refractivity contribution is -0.137. The molecule has 104 valence electrons. The lowest BCUT2D eigenvalue weighted by Gasteiger charge is -2.23. The molecule has 18 heavy (non-hydrogen) atoms. The molecule has 1 heterocycles. The van der Waals surface area contributed by atoms with E-state index in [1.807, 2.05) is 6.92 Å². The zero-order chi connectivity index (χ0) is 13.4. The summed E-state index contributed by atoms with van der Waals surface area (Å²) in [5.41, 5.74) is 0. The molecule has 1 amide bonds. The zero-order valence-electron chi connectivity index (χ0n) is 11.1. The van der Waals surface area contributed by atoms with Crippen molar-refractivity contribution in [1.82, 2.24) is 10.6 Å². The first-order valence-corrected chi connectivity index (χ1v) is 6.86. The standard InChI is InChI=1S/C13H24N2O3/c1-2-10(9-13(17)18)15-12(16)7-6-11-5-3-4-8-14-11/h10-11,14H,2-9H2,1H3,(H,15,16)(H,17,18). The lowest BCUT2D eigenvalue weighted by Crippen LogP contribution is -2.38. The van der Waals surface area contributed by atoms with Crippen molar-refractivity contribution in [1.29, 1.82) is 0 Å². The molecular weight excluding hydrogens is 232 g/mol. The van der Waals surface area contributed by atoms with Crippen molar-refractivity contribution >= 4 is 11.9 Å². The van der Waals surface area contributed by atoms with Crippen LogP contribution in [0.5, 0.6) is 0 Å². The first kappa shape index (κ1) is 15.0. The smallest absolute Gasteiger partial charge is 0.305 e. The van der Waals surface area contributed by atoms with Gasteiger partial charge in [0.25, 0.3) is 0 Å². The van der Waals surface area contributed by atoms with Gasteiger partial charge in [-0.05, 0) is 32.2 Å². The van der Waals surface area contributed by atoms with E-state index in [9.17, 15) is 9.59 Å². The van der Waals surface area contributed by atoms with Crippen LogP contribution in [0.3, 0.4) is 0 Å². The topological polar surface area (TPSA) is 78.4 Å². The molecule has 2 atom stereocenters. The molecule has 1 rings (SSSR count). The van der Waals surface area contributed by atoms with Crippen LogP contribution < -0.4 is 10.6 Å². The summed E-state index contributed by atoms with van der Waals surface area (Å²) in [5, 5.41) is 14.9. The highest BCUT2D eigenvalue weighted by atomic mass is 16.4. The number of rotatable bonds is 7. The Balaban J connectivity index is 2.20. The van der Waals surface area contributed by atoms with Gasteiger partial charge in [0.1, 0.15) is 0 Å². The Morgan fingerprint density at radius 3 is 2.78 bits per heavy atom. The highest BCUT2D eigenvalue weighted by Crippen LogP contribution is 2.11. The Morgan fingerprint density at radius 2 is 2.22 bits per heavy atom. The maximum atomic E-state index is 11.7. The highest BCUT2D eigenvalue weighted by molar-refractivity contribution is 5.77. The number of carbonyl (C=O) groups is 2. The average molecular weight is 256 g/mol. The average Bonchev–Trinajstić information content (AvgIpc) is 2.36. The second kappa shape index (κ2) is 8.08. The van der Waals surface area contributed by atoms with E-state index in [0.717, 1.165) is 19.4 Å². The van der Waals surface area contributed by atoms with Gasteiger partial charge in [0.05, 0.1) is 6.42 Å². The predicted molar refractivity (Wildman–Crippen MR) is 69.4 cm³/mol. The van der Waals surface area contributed by atoms with Crippen LogP contribution in [-0.4, -0.2) is 35.6 Å². The summed E-state index contributed by atoms with van der Waals surface area (Å²) >= 11 is 0. The molecule has 0 spiro atoms. The fourth-order valence-electron chi connectivity index (χ4n) is 2.28. The molecule has 5 heteroatoms. The second-order valence-electron chi connectivity index (χ2n) is 4.96. The van der Waals surface area contributed by atoms with E-state index in [1.54, 1.807) is 0 Å². The Bertz CT molecular complexity index is 275. The van der Waals surface area contributed by atoms with Gasteiger partial charge in [0, 0.05) is 18.5 Å². The van der Waals surface area contributed by atoms with Gasteiger partial charge in [-0.2, -0.15) is 0 Å². The molecule has 0 aromatic carbocycles. The summed E-state index contributed by atoms with van der Waals surface area (Å²) in [4.78, 5) is 22.3. The summed E-state index contributed by atoms with van der Waals surface area (Å²) in [6.45, 7) is 2.93. The minimum Gasteiger partial charge on any atom is -0.481 e. The van der Waals surface area contributed by atoms with Crippen molar-refractivity contribution in [2.45, 2.75) is 64.0 Å². The number of amides is 1. The Labute approximate surface area is 108 Å². The number of piperidine rings is 1. The summed E-state index contributed by atoms with van der Waals surface area (Å²) in [6.07, 6.45) is 5.57. The van der Waals surface area contributed by atoms with Gasteiger partial charge < -0.3 is 15.7 Å². The molecule has 3 N–H and O–H groups in total. The molecule has 2 unspecified atom stereocenters. The van der Waals surface area contributed by atoms with E-state index in [-0.39, 0.29) is 18.4 Å². The van der Waals surface area contributed by atoms with Crippen LogP contribution in [0.1, 0.15) is 51.9 Å². The minimum atomic E-state index is -0.865. The lowest BCUT2D eigenvalue weighted by atomic mass is 10.0. The predicted octanol–water partition coefficient (Wildman–Crippen LogP) is 1.28. The number of aliphatic carboxylic acids is 1. The summed E-state index contributed by atoms with van der Waals surface area (Å²) < 4.78 is 0. The molecule has 0 bridgehead atoms. The van der Waals surface area contributed by atoms with Crippen LogP contribution in [0, 0.1) is 0 Å². The minimum absolute atomic E-state index is 0.00389. The van der Waals surface area contributed by atoms with E-state index >= 15 is 0 Å². The quantitative estimate of drug-likeness (QED) is 0.641. The third kappa shape index (κ3) is 6.00. The first-order chi connectivity index (χ1) is 8.61. The van der Waals surface area contributed by atoms with E-state index in [2.05, 4.69) is 10.6 Å². The van der Waals surface area contributed by atoms with Gasteiger partial charge in [-0.3, -0.25) is 9.59 Å². The van der Waals surface area contributed by atoms with E-state index < -0.39 is 5.97 Å². The Kier molecular flexibility index (Phi) is 6.72. The van der Waals surface area contributed by atoms with Crippen molar-refractivity contribution in [2.24, 2.45) is 0 Å². The maximum Gasteiger partial charge on any atom is 0.305 e. The monoisotopic (exact) mass is 256 g/mol.